The number of para-hydroxylation sites is 1. The van der Waals surface area contributed by atoms with Gasteiger partial charge in [-0.15, -0.1) is 0 Å². The topological polar surface area (TPSA) is 79.4 Å². The van der Waals surface area contributed by atoms with Gasteiger partial charge in [-0.25, -0.2) is 4.79 Å². The first kappa shape index (κ1) is 14.9. The van der Waals surface area contributed by atoms with Crippen molar-refractivity contribution in [2.75, 3.05) is 12.3 Å². The van der Waals surface area contributed by atoms with Gasteiger partial charge in [-0.3, -0.25) is 4.68 Å². The molecule has 0 atom stereocenters. The SMILES string of the molecule is CCCn1cc(Oc2c(N)cccc2C(=O)OCC)cn1. The molecular formula is C15H19N3O3. The second-order valence-corrected chi connectivity index (χ2v) is 4.49. The van der Waals surface area contributed by atoms with Crippen LogP contribution in [0.3, 0.4) is 0 Å². The molecule has 0 unspecified atom stereocenters. The molecule has 2 aromatic rings. The lowest BCUT2D eigenvalue weighted by atomic mass is 10.1. The Morgan fingerprint density at radius 3 is 2.90 bits per heavy atom. The lowest BCUT2D eigenvalue weighted by molar-refractivity contribution is 0.0523. The van der Waals surface area contributed by atoms with Crippen molar-refractivity contribution in [2.45, 2.75) is 26.8 Å². The molecule has 0 radical (unpaired) electrons. The molecule has 1 heterocycles. The summed E-state index contributed by atoms with van der Waals surface area (Å²) in [6, 6.07) is 4.99. The molecule has 0 bridgehead atoms. The molecule has 0 saturated carbocycles. The average Bonchev–Trinajstić information content (AvgIpc) is 2.89. The number of aromatic nitrogens is 2. The van der Waals surface area contributed by atoms with Crippen LogP contribution in [0, 0.1) is 0 Å². The highest BCUT2D eigenvalue weighted by atomic mass is 16.5. The maximum Gasteiger partial charge on any atom is 0.342 e. The standard InChI is InChI=1S/C15H19N3O3/c1-3-8-18-10-11(9-17-18)21-14-12(15(19)20-4-2)6-5-7-13(14)16/h5-7,9-10H,3-4,8,16H2,1-2H3. The molecule has 0 aliphatic heterocycles. The number of ether oxygens (including phenoxy) is 2. The molecule has 2 rings (SSSR count). The van der Waals surface area contributed by atoms with E-state index in [0.717, 1.165) is 13.0 Å². The van der Waals surface area contributed by atoms with Gasteiger partial charge in [0, 0.05) is 6.54 Å². The third kappa shape index (κ3) is 3.53. The number of nitrogen functional groups attached to an aromatic ring is 1. The van der Waals surface area contributed by atoms with E-state index in [1.807, 2.05) is 0 Å². The number of benzene rings is 1. The zero-order valence-corrected chi connectivity index (χ0v) is 12.2. The Hall–Kier alpha value is -2.50. The number of esters is 1. The van der Waals surface area contributed by atoms with Crippen molar-refractivity contribution in [3.05, 3.63) is 36.2 Å². The summed E-state index contributed by atoms with van der Waals surface area (Å²) in [6.07, 6.45) is 4.34. The van der Waals surface area contributed by atoms with Gasteiger partial charge < -0.3 is 15.2 Å². The number of carbonyl (C=O) groups is 1. The molecule has 1 aromatic carbocycles. The third-order valence-corrected chi connectivity index (χ3v) is 2.82. The number of aryl methyl sites for hydroxylation is 1. The summed E-state index contributed by atoms with van der Waals surface area (Å²) in [4.78, 5) is 11.9. The maximum atomic E-state index is 11.9. The highest BCUT2D eigenvalue weighted by Gasteiger charge is 2.17. The monoisotopic (exact) mass is 289 g/mol. The van der Waals surface area contributed by atoms with Gasteiger partial charge in [0.05, 0.1) is 24.7 Å². The third-order valence-electron chi connectivity index (χ3n) is 2.82. The van der Waals surface area contributed by atoms with Crippen LogP contribution in [0.1, 0.15) is 30.6 Å². The summed E-state index contributed by atoms with van der Waals surface area (Å²) >= 11 is 0. The van der Waals surface area contributed by atoms with Crippen LogP contribution in [0.25, 0.3) is 0 Å². The van der Waals surface area contributed by atoms with Gasteiger partial charge in [-0.05, 0) is 25.5 Å². The van der Waals surface area contributed by atoms with Gasteiger partial charge in [-0.2, -0.15) is 5.10 Å². The van der Waals surface area contributed by atoms with Crippen molar-refractivity contribution >= 4 is 11.7 Å². The van der Waals surface area contributed by atoms with Crippen LogP contribution in [0.15, 0.2) is 30.6 Å². The molecule has 0 amide bonds. The minimum Gasteiger partial charge on any atom is -0.462 e. The number of carbonyl (C=O) groups excluding carboxylic acids is 1. The second-order valence-electron chi connectivity index (χ2n) is 4.49. The van der Waals surface area contributed by atoms with Gasteiger partial charge in [0.15, 0.2) is 11.5 Å². The zero-order chi connectivity index (χ0) is 15.2. The fourth-order valence-corrected chi connectivity index (χ4v) is 1.90. The highest BCUT2D eigenvalue weighted by Crippen LogP contribution is 2.31. The number of nitrogens with two attached hydrogens (primary N) is 1. The average molecular weight is 289 g/mol. The molecule has 0 fully saturated rings. The van der Waals surface area contributed by atoms with Crippen LogP contribution in [0.4, 0.5) is 5.69 Å². The first-order valence-electron chi connectivity index (χ1n) is 6.91. The Labute approximate surface area is 123 Å². The van der Waals surface area contributed by atoms with Gasteiger partial charge in [0.25, 0.3) is 0 Å². The van der Waals surface area contributed by atoms with E-state index in [1.165, 1.54) is 0 Å². The van der Waals surface area contributed by atoms with E-state index in [-0.39, 0.29) is 0 Å². The minimum absolute atomic E-state index is 0.293. The Balaban J connectivity index is 2.27. The Kier molecular flexibility index (Phi) is 4.81. The van der Waals surface area contributed by atoms with Crippen molar-refractivity contribution in [1.29, 1.82) is 0 Å². The molecule has 0 spiro atoms. The molecule has 6 nitrogen and oxygen atoms in total. The molecule has 21 heavy (non-hydrogen) atoms. The molecule has 0 aliphatic rings. The van der Waals surface area contributed by atoms with Crippen LogP contribution in [0.5, 0.6) is 11.5 Å². The van der Waals surface area contributed by atoms with Gasteiger partial charge in [0.2, 0.25) is 0 Å². The summed E-state index contributed by atoms with van der Waals surface area (Å²) in [5, 5.41) is 4.18. The van der Waals surface area contributed by atoms with Crippen molar-refractivity contribution in [3.63, 3.8) is 0 Å². The van der Waals surface area contributed by atoms with Crippen molar-refractivity contribution in [1.82, 2.24) is 9.78 Å². The van der Waals surface area contributed by atoms with Crippen molar-refractivity contribution in [3.8, 4) is 11.5 Å². The van der Waals surface area contributed by atoms with Crippen molar-refractivity contribution < 1.29 is 14.3 Å². The molecule has 0 aliphatic carbocycles. The fraction of sp³-hybridized carbons (Fsp3) is 0.333. The second kappa shape index (κ2) is 6.78. The van der Waals surface area contributed by atoms with E-state index >= 15 is 0 Å². The van der Waals surface area contributed by atoms with Crippen LogP contribution >= 0.6 is 0 Å². The van der Waals surface area contributed by atoms with E-state index in [4.69, 9.17) is 15.2 Å². The fourth-order valence-electron chi connectivity index (χ4n) is 1.90. The lowest BCUT2D eigenvalue weighted by Crippen LogP contribution is -2.07. The van der Waals surface area contributed by atoms with E-state index in [2.05, 4.69) is 12.0 Å². The molecule has 112 valence electrons. The number of rotatable bonds is 6. The van der Waals surface area contributed by atoms with Crippen LogP contribution < -0.4 is 10.5 Å². The number of anilines is 1. The van der Waals surface area contributed by atoms with Gasteiger partial charge >= 0.3 is 5.97 Å². The van der Waals surface area contributed by atoms with E-state index in [0.29, 0.717) is 29.4 Å². The largest absolute Gasteiger partial charge is 0.462 e. The number of nitrogens with zero attached hydrogens (tertiary/aromatic N) is 2. The zero-order valence-electron chi connectivity index (χ0n) is 12.2. The smallest absolute Gasteiger partial charge is 0.342 e. The summed E-state index contributed by atoms with van der Waals surface area (Å²) < 4.78 is 12.5. The minimum atomic E-state index is -0.458. The van der Waals surface area contributed by atoms with E-state index < -0.39 is 5.97 Å². The lowest BCUT2D eigenvalue weighted by Gasteiger charge is -2.11. The molecule has 6 heteroatoms. The Morgan fingerprint density at radius 2 is 2.19 bits per heavy atom. The predicted octanol–water partition coefficient (Wildman–Crippen LogP) is 2.84. The first-order chi connectivity index (χ1) is 10.2. The predicted molar refractivity (Wildman–Crippen MR) is 79.4 cm³/mol. The summed E-state index contributed by atoms with van der Waals surface area (Å²) in [7, 11) is 0. The summed E-state index contributed by atoms with van der Waals surface area (Å²) in [5.41, 5.74) is 6.59. The molecule has 2 N–H and O–H groups in total. The first-order valence-corrected chi connectivity index (χ1v) is 6.91. The normalized spacial score (nSPS) is 10.4. The van der Waals surface area contributed by atoms with Gasteiger partial charge in [0.1, 0.15) is 5.56 Å². The Bertz CT molecular complexity index is 622. The van der Waals surface area contributed by atoms with Crippen LogP contribution in [-0.4, -0.2) is 22.4 Å². The quantitative estimate of drug-likeness (QED) is 0.653. The Morgan fingerprint density at radius 1 is 1.38 bits per heavy atom. The van der Waals surface area contributed by atoms with Crippen molar-refractivity contribution in [2.24, 2.45) is 0 Å². The molecule has 1 aromatic heterocycles. The van der Waals surface area contributed by atoms with E-state index in [9.17, 15) is 4.79 Å². The summed E-state index contributed by atoms with van der Waals surface area (Å²) in [5.74, 6) is 0.375. The van der Waals surface area contributed by atoms with E-state index in [1.54, 1.807) is 42.2 Å². The van der Waals surface area contributed by atoms with Crippen LogP contribution in [0.2, 0.25) is 0 Å². The number of hydrogen-bond donors (Lipinski definition) is 1. The maximum absolute atomic E-state index is 11.9. The summed E-state index contributed by atoms with van der Waals surface area (Å²) in [6.45, 7) is 4.91. The highest BCUT2D eigenvalue weighted by molar-refractivity contribution is 5.94. The van der Waals surface area contributed by atoms with Crippen LogP contribution in [-0.2, 0) is 11.3 Å². The number of hydrogen-bond acceptors (Lipinski definition) is 5. The molecular weight excluding hydrogens is 270 g/mol. The molecule has 0 saturated heterocycles. The van der Waals surface area contributed by atoms with Gasteiger partial charge in [-0.1, -0.05) is 13.0 Å².